The lowest BCUT2D eigenvalue weighted by Gasteiger charge is -2.21. The van der Waals surface area contributed by atoms with Crippen molar-refractivity contribution in [1.82, 2.24) is 4.98 Å². The number of rotatable bonds is 5. The van der Waals surface area contributed by atoms with Crippen molar-refractivity contribution in [2.45, 2.75) is 46.0 Å². The third-order valence-electron chi connectivity index (χ3n) is 4.99. The van der Waals surface area contributed by atoms with Gasteiger partial charge < -0.3 is 10.2 Å². The Morgan fingerprint density at radius 2 is 1.79 bits per heavy atom. The van der Waals surface area contributed by atoms with Crippen LogP contribution in [0.15, 0.2) is 36.4 Å². The van der Waals surface area contributed by atoms with Crippen LogP contribution in [-0.2, 0) is 4.79 Å². The van der Waals surface area contributed by atoms with E-state index in [1.165, 1.54) is 6.07 Å². The van der Waals surface area contributed by atoms with Crippen molar-refractivity contribution in [2.24, 2.45) is 0 Å². The molecule has 0 saturated heterocycles. The maximum absolute atomic E-state index is 13.8. The first-order valence-electron chi connectivity index (χ1n) is 9.33. The van der Waals surface area contributed by atoms with E-state index in [0.717, 1.165) is 27.6 Å². The van der Waals surface area contributed by atoms with Gasteiger partial charge in [0.2, 0.25) is 0 Å². The van der Waals surface area contributed by atoms with Gasteiger partial charge in [-0.15, -0.1) is 0 Å². The Balaban J connectivity index is 2.39. The number of phenols is 1. The van der Waals surface area contributed by atoms with Gasteiger partial charge in [-0.3, -0.25) is 9.78 Å². The standard InChI is InChI=1S/C23H24FNO3/c1-12(2)22-21(15-5-8-19(24)13(3)9-15)17-7-6-16(26)11-18(17)23(25-22)14(4)10-20(27)28/h5-9,11-12,14,26H,10H2,1-4H3,(H,27,28)/t14-/m1/s1. The van der Waals surface area contributed by atoms with Gasteiger partial charge in [-0.2, -0.15) is 0 Å². The van der Waals surface area contributed by atoms with E-state index in [2.05, 4.69) is 0 Å². The van der Waals surface area contributed by atoms with Gasteiger partial charge in [-0.25, -0.2) is 4.39 Å². The number of halogens is 1. The zero-order valence-corrected chi connectivity index (χ0v) is 16.5. The van der Waals surface area contributed by atoms with E-state index in [1.54, 1.807) is 31.2 Å². The molecule has 0 aliphatic heterocycles. The number of aromatic nitrogens is 1. The Morgan fingerprint density at radius 3 is 2.39 bits per heavy atom. The Labute approximate surface area is 163 Å². The highest BCUT2D eigenvalue weighted by atomic mass is 19.1. The Kier molecular flexibility index (Phi) is 5.36. The summed E-state index contributed by atoms with van der Waals surface area (Å²) in [6.45, 7) is 7.60. The lowest BCUT2D eigenvalue weighted by atomic mass is 9.88. The number of aliphatic carboxylic acids is 1. The smallest absolute Gasteiger partial charge is 0.304 e. The van der Waals surface area contributed by atoms with Crippen LogP contribution in [0.1, 0.15) is 56.0 Å². The molecule has 0 unspecified atom stereocenters. The van der Waals surface area contributed by atoms with Gasteiger partial charge in [0, 0.05) is 16.9 Å². The van der Waals surface area contributed by atoms with E-state index in [9.17, 15) is 19.4 Å². The second-order valence-electron chi connectivity index (χ2n) is 7.60. The fourth-order valence-electron chi connectivity index (χ4n) is 3.60. The van der Waals surface area contributed by atoms with Crippen LogP contribution in [0.25, 0.3) is 21.9 Å². The molecule has 0 aliphatic carbocycles. The Bertz CT molecular complexity index is 1060. The topological polar surface area (TPSA) is 70.4 Å². The van der Waals surface area contributed by atoms with Crippen LogP contribution in [0.4, 0.5) is 4.39 Å². The van der Waals surface area contributed by atoms with Gasteiger partial charge in [0.15, 0.2) is 0 Å². The van der Waals surface area contributed by atoms with Crippen molar-refractivity contribution in [3.05, 3.63) is 59.2 Å². The van der Waals surface area contributed by atoms with E-state index in [-0.39, 0.29) is 29.8 Å². The summed E-state index contributed by atoms with van der Waals surface area (Å²) < 4.78 is 13.8. The van der Waals surface area contributed by atoms with Crippen LogP contribution >= 0.6 is 0 Å². The number of hydrogen-bond donors (Lipinski definition) is 2. The first-order valence-corrected chi connectivity index (χ1v) is 9.33. The predicted octanol–water partition coefficient (Wildman–Crippen LogP) is 5.76. The lowest BCUT2D eigenvalue weighted by Crippen LogP contribution is -2.09. The summed E-state index contributed by atoms with van der Waals surface area (Å²) in [5.41, 5.74) is 3.76. The molecular formula is C23H24FNO3. The average Bonchev–Trinajstić information content (AvgIpc) is 2.61. The number of carboxylic acid groups (broad SMARTS) is 1. The summed E-state index contributed by atoms with van der Waals surface area (Å²) in [5.74, 6) is -1.31. The molecule has 28 heavy (non-hydrogen) atoms. The number of pyridine rings is 1. The summed E-state index contributed by atoms with van der Waals surface area (Å²) >= 11 is 0. The normalized spacial score (nSPS) is 12.5. The van der Waals surface area contributed by atoms with Crippen molar-refractivity contribution < 1.29 is 19.4 Å². The summed E-state index contributed by atoms with van der Waals surface area (Å²) in [4.78, 5) is 16.1. The van der Waals surface area contributed by atoms with E-state index in [0.29, 0.717) is 11.3 Å². The van der Waals surface area contributed by atoms with Crippen molar-refractivity contribution in [3.63, 3.8) is 0 Å². The van der Waals surface area contributed by atoms with Crippen molar-refractivity contribution >= 4 is 16.7 Å². The molecule has 0 saturated carbocycles. The van der Waals surface area contributed by atoms with Crippen molar-refractivity contribution in [2.75, 3.05) is 0 Å². The highest BCUT2D eigenvalue weighted by molar-refractivity contribution is 6.00. The fourth-order valence-corrected chi connectivity index (χ4v) is 3.60. The fraction of sp³-hybridized carbons (Fsp3) is 0.304. The number of benzene rings is 2. The van der Waals surface area contributed by atoms with Gasteiger partial charge in [0.1, 0.15) is 11.6 Å². The number of hydrogen-bond acceptors (Lipinski definition) is 3. The van der Waals surface area contributed by atoms with Gasteiger partial charge >= 0.3 is 5.97 Å². The zero-order chi connectivity index (χ0) is 20.6. The van der Waals surface area contributed by atoms with Crippen LogP contribution < -0.4 is 0 Å². The molecule has 3 rings (SSSR count). The highest BCUT2D eigenvalue weighted by Crippen LogP contribution is 2.40. The summed E-state index contributed by atoms with van der Waals surface area (Å²) in [6.07, 6.45) is -0.0513. The minimum Gasteiger partial charge on any atom is -0.508 e. The molecule has 0 fully saturated rings. The molecule has 5 heteroatoms. The average molecular weight is 381 g/mol. The zero-order valence-electron chi connectivity index (χ0n) is 16.5. The number of nitrogens with zero attached hydrogens (tertiary/aromatic N) is 1. The van der Waals surface area contributed by atoms with E-state index >= 15 is 0 Å². The van der Waals surface area contributed by atoms with Crippen LogP contribution in [0.2, 0.25) is 0 Å². The number of carbonyl (C=O) groups is 1. The van der Waals surface area contributed by atoms with Gasteiger partial charge in [0.25, 0.3) is 0 Å². The quantitative estimate of drug-likeness (QED) is 0.590. The SMILES string of the molecule is Cc1cc(-c2c(C(C)C)nc([C@H](C)CC(=O)O)c3cc(O)ccc23)ccc1F. The molecule has 0 radical (unpaired) electrons. The molecule has 1 heterocycles. The first kappa shape index (κ1) is 19.8. The minimum absolute atomic E-state index is 0.0513. The molecule has 2 aromatic carbocycles. The van der Waals surface area contributed by atoms with E-state index in [4.69, 9.17) is 4.98 Å². The minimum atomic E-state index is -0.896. The molecular weight excluding hydrogens is 357 g/mol. The molecule has 146 valence electrons. The maximum Gasteiger partial charge on any atom is 0.304 e. The number of aromatic hydroxyl groups is 1. The molecule has 0 spiro atoms. The molecule has 0 bridgehead atoms. The maximum atomic E-state index is 13.8. The number of aryl methyl sites for hydroxylation is 1. The summed E-state index contributed by atoms with van der Waals surface area (Å²) in [6, 6.07) is 10.0. The number of carboxylic acids is 1. The van der Waals surface area contributed by atoms with Gasteiger partial charge in [0.05, 0.1) is 17.8 Å². The summed E-state index contributed by atoms with van der Waals surface area (Å²) in [7, 11) is 0. The van der Waals surface area contributed by atoms with Crippen LogP contribution in [0, 0.1) is 12.7 Å². The second-order valence-corrected chi connectivity index (χ2v) is 7.60. The molecule has 2 N–H and O–H groups in total. The van der Waals surface area contributed by atoms with Crippen LogP contribution in [-0.4, -0.2) is 21.2 Å². The van der Waals surface area contributed by atoms with Gasteiger partial charge in [-0.05, 0) is 59.7 Å². The van der Waals surface area contributed by atoms with E-state index < -0.39 is 5.97 Å². The predicted molar refractivity (Wildman–Crippen MR) is 108 cm³/mol. The highest BCUT2D eigenvalue weighted by Gasteiger charge is 2.22. The summed E-state index contributed by atoms with van der Waals surface area (Å²) in [5, 5.41) is 20.9. The van der Waals surface area contributed by atoms with Crippen LogP contribution in [0.5, 0.6) is 5.75 Å². The number of phenolic OH excluding ortho intramolecular Hbond substituents is 1. The Hall–Kier alpha value is -2.95. The third kappa shape index (κ3) is 3.70. The monoisotopic (exact) mass is 381 g/mol. The molecule has 3 aromatic rings. The van der Waals surface area contributed by atoms with Gasteiger partial charge in [-0.1, -0.05) is 26.8 Å². The second kappa shape index (κ2) is 7.58. The molecule has 4 nitrogen and oxygen atoms in total. The van der Waals surface area contributed by atoms with Crippen LogP contribution in [0.3, 0.4) is 0 Å². The third-order valence-corrected chi connectivity index (χ3v) is 4.99. The molecule has 0 aliphatic rings. The Morgan fingerprint density at radius 1 is 1.07 bits per heavy atom. The first-order chi connectivity index (χ1) is 13.2. The van der Waals surface area contributed by atoms with E-state index in [1.807, 2.05) is 26.8 Å². The molecule has 1 atom stereocenters. The molecule has 1 aromatic heterocycles. The largest absolute Gasteiger partial charge is 0.508 e. The number of fused-ring (bicyclic) bond motifs is 1. The van der Waals surface area contributed by atoms with Crippen molar-refractivity contribution in [1.29, 1.82) is 0 Å². The lowest BCUT2D eigenvalue weighted by molar-refractivity contribution is -0.137. The van der Waals surface area contributed by atoms with Crippen molar-refractivity contribution in [3.8, 4) is 16.9 Å². The molecule has 0 amide bonds.